The van der Waals surface area contributed by atoms with E-state index in [1.54, 1.807) is 0 Å². The smallest absolute Gasteiger partial charge is 0.0456 e. The first-order chi connectivity index (χ1) is 23.3. The van der Waals surface area contributed by atoms with E-state index in [2.05, 4.69) is 217 Å². The van der Waals surface area contributed by atoms with E-state index in [1.807, 2.05) is 0 Å². The van der Waals surface area contributed by atoms with Gasteiger partial charge in [0.25, 0.3) is 0 Å². The predicted octanol–water partition coefficient (Wildman–Crippen LogP) is 12.2. The van der Waals surface area contributed by atoms with Crippen molar-refractivity contribution < 1.29 is 0 Å². The van der Waals surface area contributed by atoms with Gasteiger partial charge in [-0.05, 0) is 68.4 Å². The summed E-state index contributed by atoms with van der Waals surface area (Å²) >= 11 is 0. The van der Waals surface area contributed by atoms with Crippen molar-refractivity contribution in [3.63, 3.8) is 0 Å². The van der Waals surface area contributed by atoms with Crippen molar-refractivity contribution in [3.8, 4) is 0 Å². The number of hydrogen-bond donors (Lipinski definition) is 0. The minimum Gasteiger partial charge on any atom is -0.317 e. The van der Waals surface area contributed by atoms with Crippen LogP contribution in [0.5, 0.6) is 0 Å². The van der Waals surface area contributed by atoms with Crippen LogP contribution in [0.1, 0.15) is 27.8 Å². The fraction of sp³-hybridized carbons (Fsp3) is 0. The van der Waals surface area contributed by atoms with Gasteiger partial charge in [0.1, 0.15) is 0 Å². The van der Waals surface area contributed by atoms with E-state index in [9.17, 15) is 0 Å². The molecule has 0 aromatic heterocycles. The van der Waals surface area contributed by atoms with Gasteiger partial charge in [-0.3, -0.25) is 0 Å². The van der Waals surface area contributed by atoms with Crippen molar-refractivity contribution in [2.75, 3.05) is 4.90 Å². The van der Waals surface area contributed by atoms with Crippen molar-refractivity contribution >= 4 is 39.4 Å². The fourth-order valence-electron chi connectivity index (χ4n) is 5.99. The number of rotatable bonds is 9. The van der Waals surface area contributed by atoms with E-state index in [-0.39, 0.29) is 0 Å². The van der Waals surface area contributed by atoms with Gasteiger partial charge in [0, 0.05) is 23.1 Å². The van der Waals surface area contributed by atoms with E-state index in [1.165, 1.54) is 38.6 Å². The average molecular weight is 602 g/mol. The number of fused-ring (bicyclic) bond motifs is 1. The molecule has 47 heavy (non-hydrogen) atoms. The van der Waals surface area contributed by atoms with Gasteiger partial charge in [0.05, 0.1) is 0 Å². The molecular weight excluding hydrogens is 567 g/mol. The van der Waals surface area contributed by atoms with E-state index in [0.29, 0.717) is 0 Å². The Bertz CT molecular complexity index is 2100. The predicted molar refractivity (Wildman–Crippen MR) is 201 cm³/mol. The maximum atomic E-state index is 2.29. The number of hydrogen-bond acceptors (Lipinski definition) is 1. The first-order valence-electron chi connectivity index (χ1n) is 16.0. The maximum absolute atomic E-state index is 2.29. The molecule has 0 spiro atoms. The molecule has 0 atom stereocenters. The summed E-state index contributed by atoms with van der Waals surface area (Å²) in [5.41, 5.74) is 10.5. The first kappa shape index (κ1) is 29.5. The number of benzene rings is 7. The minimum absolute atomic E-state index is 1.09. The van der Waals surface area contributed by atoms with Gasteiger partial charge in [0.15, 0.2) is 0 Å². The quantitative estimate of drug-likeness (QED) is 0.149. The van der Waals surface area contributed by atoms with E-state index < -0.39 is 0 Å². The summed E-state index contributed by atoms with van der Waals surface area (Å²) in [6.07, 6.45) is 8.80. The average Bonchev–Trinajstić information content (AvgIpc) is 3.15. The third kappa shape index (κ3) is 6.91. The third-order valence-corrected chi connectivity index (χ3v) is 8.35. The van der Waals surface area contributed by atoms with Crippen LogP contribution in [-0.4, -0.2) is 0 Å². The van der Waals surface area contributed by atoms with Crippen LogP contribution in [-0.2, 0) is 0 Å². The molecule has 0 radical (unpaired) electrons. The van der Waals surface area contributed by atoms with E-state index >= 15 is 0 Å². The normalized spacial score (nSPS) is 11.4. The molecule has 7 aromatic carbocycles. The first-order valence-corrected chi connectivity index (χ1v) is 16.0. The van der Waals surface area contributed by atoms with Crippen LogP contribution in [0.3, 0.4) is 0 Å². The van der Waals surface area contributed by atoms with Gasteiger partial charge in [0.2, 0.25) is 0 Å². The highest BCUT2D eigenvalue weighted by Gasteiger charge is 2.14. The Labute approximate surface area is 277 Å². The Morgan fingerprint density at radius 1 is 0.404 bits per heavy atom. The third-order valence-electron chi connectivity index (χ3n) is 8.35. The maximum Gasteiger partial charge on any atom is 0.0456 e. The summed E-state index contributed by atoms with van der Waals surface area (Å²) < 4.78 is 0. The Morgan fingerprint density at radius 2 is 0.894 bits per heavy atom. The molecule has 224 valence electrons. The summed E-state index contributed by atoms with van der Waals surface area (Å²) in [5, 5.41) is 2.46. The van der Waals surface area contributed by atoms with Crippen LogP contribution in [0.15, 0.2) is 206 Å². The molecule has 0 unspecified atom stereocenters. The lowest BCUT2D eigenvalue weighted by Gasteiger charge is -2.24. The lowest BCUT2D eigenvalue weighted by Crippen LogP contribution is -2.10. The molecule has 1 nitrogen and oxygen atoms in total. The zero-order chi connectivity index (χ0) is 31.7. The lowest BCUT2D eigenvalue weighted by molar-refractivity contribution is 1.28. The van der Waals surface area contributed by atoms with Gasteiger partial charge >= 0.3 is 0 Å². The Balaban J connectivity index is 1.27. The van der Waals surface area contributed by atoms with Crippen LogP contribution >= 0.6 is 0 Å². The van der Waals surface area contributed by atoms with Gasteiger partial charge < -0.3 is 4.90 Å². The molecule has 0 amide bonds. The number of anilines is 2. The fourth-order valence-corrected chi connectivity index (χ4v) is 5.99. The molecule has 1 heteroatoms. The molecule has 0 N–H and O–H groups in total. The lowest BCUT2D eigenvalue weighted by atomic mass is 9.93. The molecule has 7 rings (SSSR count). The second kappa shape index (κ2) is 14.3. The summed E-state index contributed by atoms with van der Waals surface area (Å²) in [5.74, 6) is 0. The molecule has 0 aliphatic carbocycles. The number of allylic oxidation sites excluding steroid dienone is 2. The SMILES string of the molecule is C(/C=C/c1ccc(N(/C=C(\c2ccccc2)c2cccc3ccccc23)c2ccccc2)cc1)=C(c1ccccc1)c1ccccc1. The largest absolute Gasteiger partial charge is 0.317 e. The van der Waals surface area contributed by atoms with Crippen molar-refractivity contribution in [3.05, 3.63) is 234 Å². The molecule has 0 bridgehead atoms. The van der Waals surface area contributed by atoms with Crippen LogP contribution in [0, 0.1) is 0 Å². The van der Waals surface area contributed by atoms with Gasteiger partial charge in [-0.1, -0.05) is 182 Å². The highest BCUT2D eigenvalue weighted by Crippen LogP contribution is 2.34. The zero-order valence-corrected chi connectivity index (χ0v) is 26.2. The Hall–Kier alpha value is -6.18. The molecule has 0 saturated heterocycles. The van der Waals surface area contributed by atoms with Crippen molar-refractivity contribution in [2.24, 2.45) is 0 Å². The van der Waals surface area contributed by atoms with Crippen LogP contribution in [0.4, 0.5) is 11.4 Å². The van der Waals surface area contributed by atoms with Gasteiger partial charge in [-0.2, -0.15) is 0 Å². The summed E-state index contributed by atoms with van der Waals surface area (Å²) in [6.45, 7) is 0. The summed E-state index contributed by atoms with van der Waals surface area (Å²) in [7, 11) is 0. The molecule has 0 aliphatic heterocycles. The molecule has 0 heterocycles. The topological polar surface area (TPSA) is 3.24 Å². The van der Waals surface area contributed by atoms with Crippen molar-refractivity contribution in [1.82, 2.24) is 0 Å². The molecule has 7 aromatic rings. The van der Waals surface area contributed by atoms with E-state index in [0.717, 1.165) is 22.5 Å². The van der Waals surface area contributed by atoms with Crippen molar-refractivity contribution in [2.45, 2.75) is 0 Å². The molecule has 0 aliphatic rings. The number of nitrogens with zero attached hydrogens (tertiary/aromatic N) is 1. The van der Waals surface area contributed by atoms with Crippen LogP contribution < -0.4 is 4.90 Å². The second-order valence-corrected chi connectivity index (χ2v) is 11.4. The van der Waals surface area contributed by atoms with Gasteiger partial charge in [-0.15, -0.1) is 0 Å². The molecular formula is C46H35N. The standard InChI is InChI=1S/C46H35N/c1-5-18-37(19-6-1)43(38-20-7-2-8-21-38)29-15-17-36-31-33-42(34-32-36)47(41-26-11-4-12-27-41)35-46(40-22-9-3-10-23-40)45-30-16-25-39-24-13-14-28-44(39)45/h1-35H/b17-15+,46-35+. The van der Waals surface area contributed by atoms with Crippen molar-refractivity contribution in [1.29, 1.82) is 0 Å². The van der Waals surface area contributed by atoms with Gasteiger partial charge in [-0.25, -0.2) is 0 Å². The van der Waals surface area contributed by atoms with Crippen LogP contribution in [0.25, 0.3) is 28.0 Å². The monoisotopic (exact) mass is 601 g/mol. The highest BCUT2D eigenvalue weighted by atomic mass is 15.1. The summed E-state index contributed by atoms with van der Waals surface area (Å²) in [4.78, 5) is 2.29. The Morgan fingerprint density at radius 3 is 1.51 bits per heavy atom. The molecule has 0 saturated carbocycles. The molecule has 0 fully saturated rings. The highest BCUT2D eigenvalue weighted by molar-refractivity contribution is 5.98. The summed E-state index contributed by atoms with van der Waals surface area (Å²) in [6, 6.07) is 66.3. The van der Waals surface area contributed by atoms with E-state index in [4.69, 9.17) is 0 Å². The zero-order valence-electron chi connectivity index (χ0n) is 26.2. The van der Waals surface area contributed by atoms with Crippen LogP contribution in [0.2, 0.25) is 0 Å². The second-order valence-electron chi connectivity index (χ2n) is 11.4. The number of para-hydroxylation sites is 1. The Kier molecular flexibility index (Phi) is 8.97. The minimum atomic E-state index is 1.09.